The van der Waals surface area contributed by atoms with Crippen molar-refractivity contribution in [3.05, 3.63) is 30.3 Å². The van der Waals surface area contributed by atoms with Crippen LogP contribution in [0.3, 0.4) is 0 Å². The number of carbonyl (C=O) groups is 2. The third-order valence-electron chi connectivity index (χ3n) is 2.49. The summed E-state index contributed by atoms with van der Waals surface area (Å²) in [5.74, 6) is 0.102. The van der Waals surface area contributed by atoms with Gasteiger partial charge in [-0.05, 0) is 12.1 Å². The summed E-state index contributed by atoms with van der Waals surface area (Å²) < 4.78 is 0. The molecule has 1 aliphatic rings. The fourth-order valence-corrected chi connectivity index (χ4v) is 2.76. The maximum Gasteiger partial charge on any atom is 0.228 e. The number of nitrogens with zero attached hydrogens (tertiary/aromatic N) is 1. The van der Waals surface area contributed by atoms with Crippen molar-refractivity contribution in [1.82, 2.24) is 0 Å². The summed E-state index contributed by atoms with van der Waals surface area (Å²) in [6, 6.07) is 9.57. The monoisotopic (exact) mass is 235 g/mol. The first kappa shape index (κ1) is 11.2. The summed E-state index contributed by atoms with van der Waals surface area (Å²) in [7, 11) is 0. The zero-order valence-corrected chi connectivity index (χ0v) is 9.87. The molecule has 1 aliphatic heterocycles. The van der Waals surface area contributed by atoms with E-state index < -0.39 is 0 Å². The van der Waals surface area contributed by atoms with E-state index in [1.807, 2.05) is 30.3 Å². The lowest BCUT2D eigenvalue weighted by Crippen LogP contribution is -2.24. The van der Waals surface area contributed by atoms with E-state index in [4.69, 9.17) is 0 Å². The molecule has 3 nitrogen and oxygen atoms in total. The van der Waals surface area contributed by atoms with Gasteiger partial charge in [0.05, 0.1) is 0 Å². The molecule has 16 heavy (non-hydrogen) atoms. The number of hydrogen-bond acceptors (Lipinski definition) is 3. The molecule has 2 rings (SSSR count). The Balaban J connectivity index is 2.08. The van der Waals surface area contributed by atoms with Crippen molar-refractivity contribution in [2.24, 2.45) is 0 Å². The summed E-state index contributed by atoms with van der Waals surface area (Å²) in [6.07, 6.45) is 0.457. The van der Waals surface area contributed by atoms with Crippen molar-refractivity contribution in [1.29, 1.82) is 0 Å². The van der Waals surface area contributed by atoms with Gasteiger partial charge in [-0.15, -0.1) is 0 Å². The van der Waals surface area contributed by atoms with Crippen molar-refractivity contribution in [3.63, 3.8) is 0 Å². The fraction of sp³-hybridized carbons (Fsp3) is 0.333. The molecular weight excluding hydrogens is 222 g/mol. The van der Waals surface area contributed by atoms with Crippen LogP contribution in [0.2, 0.25) is 0 Å². The minimum Gasteiger partial charge on any atom is -0.311 e. The average molecular weight is 235 g/mol. The minimum atomic E-state index is 0.0766. The van der Waals surface area contributed by atoms with Crippen LogP contribution >= 0.6 is 11.8 Å². The number of amides is 1. The second-order valence-electron chi connectivity index (χ2n) is 3.78. The maximum atomic E-state index is 11.8. The average Bonchev–Trinajstić information content (AvgIpc) is 2.60. The van der Waals surface area contributed by atoms with Gasteiger partial charge in [0.2, 0.25) is 5.91 Å². The van der Waals surface area contributed by atoms with Gasteiger partial charge < -0.3 is 4.90 Å². The summed E-state index contributed by atoms with van der Waals surface area (Å²) in [5, 5.41) is 0.179. The number of carbonyl (C=O) groups excluding carboxylic acids is 2. The quantitative estimate of drug-likeness (QED) is 0.787. The summed E-state index contributed by atoms with van der Waals surface area (Å²) in [6.45, 7) is 2.17. The van der Waals surface area contributed by atoms with E-state index in [0.717, 1.165) is 5.69 Å². The van der Waals surface area contributed by atoms with Crippen molar-refractivity contribution in [2.75, 3.05) is 11.4 Å². The molecule has 0 saturated carbocycles. The van der Waals surface area contributed by atoms with Gasteiger partial charge in [-0.25, -0.2) is 0 Å². The molecule has 0 spiro atoms. The zero-order chi connectivity index (χ0) is 11.5. The van der Waals surface area contributed by atoms with Crippen LogP contribution in [0.4, 0.5) is 5.69 Å². The number of hydrogen-bond donors (Lipinski definition) is 0. The first-order valence-electron chi connectivity index (χ1n) is 5.19. The molecule has 1 amide bonds. The van der Waals surface area contributed by atoms with Gasteiger partial charge in [-0.1, -0.05) is 30.0 Å². The molecule has 1 saturated heterocycles. The topological polar surface area (TPSA) is 37.4 Å². The number of benzene rings is 1. The van der Waals surface area contributed by atoms with E-state index >= 15 is 0 Å². The van der Waals surface area contributed by atoms with Crippen molar-refractivity contribution >= 4 is 28.5 Å². The molecular formula is C12H13NO2S. The number of rotatable bonds is 2. The standard InChI is InChI=1S/C12H13NO2S/c1-9(14)16-11-7-12(15)13(8-11)10-5-3-2-4-6-10/h2-6,11H,7-8H2,1H3. The first-order chi connectivity index (χ1) is 7.66. The Morgan fingerprint density at radius 2 is 2.06 bits per heavy atom. The summed E-state index contributed by atoms with van der Waals surface area (Å²) >= 11 is 1.26. The third kappa shape index (κ3) is 2.44. The van der Waals surface area contributed by atoms with E-state index in [2.05, 4.69) is 0 Å². The lowest BCUT2D eigenvalue weighted by atomic mass is 10.3. The molecule has 0 aromatic heterocycles. The second kappa shape index (κ2) is 4.70. The molecule has 0 N–H and O–H groups in total. The molecule has 1 unspecified atom stereocenters. The molecule has 4 heteroatoms. The van der Waals surface area contributed by atoms with Crippen LogP contribution in [-0.4, -0.2) is 22.8 Å². The van der Waals surface area contributed by atoms with E-state index in [-0.39, 0.29) is 16.3 Å². The van der Waals surface area contributed by atoms with Gasteiger partial charge in [0.15, 0.2) is 5.12 Å². The van der Waals surface area contributed by atoms with E-state index in [1.165, 1.54) is 11.8 Å². The lowest BCUT2D eigenvalue weighted by Gasteiger charge is -2.15. The zero-order valence-electron chi connectivity index (χ0n) is 9.05. The van der Waals surface area contributed by atoms with Crippen LogP contribution in [0.1, 0.15) is 13.3 Å². The van der Waals surface area contributed by atoms with Crippen molar-refractivity contribution in [2.45, 2.75) is 18.6 Å². The third-order valence-corrected chi connectivity index (χ3v) is 3.47. The minimum absolute atomic E-state index is 0.0766. The molecule has 1 atom stereocenters. The predicted octanol–water partition coefficient (Wildman–Crippen LogP) is 2.07. The molecule has 1 aromatic carbocycles. The molecule has 0 aliphatic carbocycles. The van der Waals surface area contributed by atoms with Gasteiger partial charge in [0.25, 0.3) is 0 Å². The molecule has 0 bridgehead atoms. The molecule has 0 radical (unpaired) electrons. The highest BCUT2D eigenvalue weighted by Gasteiger charge is 2.31. The Hall–Kier alpha value is -1.29. The predicted molar refractivity (Wildman–Crippen MR) is 65.5 cm³/mol. The maximum absolute atomic E-state index is 11.8. The smallest absolute Gasteiger partial charge is 0.228 e. The highest BCUT2D eigenvalue weighted by atomic mass is 32.2. The lowest BCUT2D eigenvalue weighted by molar-refractivity contribution is -0.117. The largest absolute Gasteiger partial charge is 0.311 e. The molecule has 84 valence electrons. The van der Waals surface area contributed by atoms with Crippen LogP contribution in [0, 0.1) is 0 Å². The molecule has 1 heterocycles. The van der Waals surface area contributed by atoms with E-state index in [0.29, 0.717) is 13.0 Å². The van der Waals surface area contributed by atoms with Gasteiger partial charge in [0.1, 0.15) is 0 Å². The Morgan fingerprint density at radius 3 is 2.69 bits per heavy atom. The normalized spacial score (nSPS) is 20.2. The van der Waals surface area contributed by atoms with Gasteiger partial charge in [-0.2, -0.15) is 0 Å². The highest BCUT2D eigenvalue weighted by Crippen LogP contribution is 2.28. The summed E-state index contributed by atoms with van der Waals surface area (Å²) in [5.41, 5.74) is 0.916. The number of para-hydroxylation sites is 1. The van der Waals surface area contributed by atoms with Crippen molar-refractivity contribution in [3.8, 4) is 0 Å². The Kier molecular flexibility index (Phi) is 3.29. The summed E-state index contributed by atoms with van der Waals surface area (Å²) in [4.78, 5) is 24.5. The Bertz CT molecular complexity index is 405. The van der Waals surface area contributed by atoms with Crippen LogP contribution in [0.5, 0.6) is 0 Å². The van der Waals surface area contributed by atoms with E-state index in [9.17, 15) is 9.59 Å². The molecule has 1 fully saturated rings. The van der Waals surface area contributed by atoms with Gasteiger partial charge >= 0.3 is 0 Å². The van der Waals surface area contributed by atoms with Gasteiger partial charge in [0, 0.05) is 30.8 Å². The van der Waals surface area contributed by atoms with E-state index in [1.54, 1.807) is 11.8 Å². The number of anilines is 1. The van der Waals surface area contributed by atoms with Crippen LogP contribution in [0.15, 0.2) is 30.3 Å². The fourth-order valence-electron chi connectivity index (χ4n) is 1.85. The second-order valence-corrected chi connectivity index (χ2v) is 5.25. The Morgan fingerprint density at radius 1 is 1.38 bits per heavy atom. The van der Waals surface area contributed by atoms with Crippen LogP contribution < -0.4 is 4.90 Å². The van der Waals surface area contributed by atoms with Crippen molar-refractivity contribution < 1.29 is 9.59 Å². The van der Waals surface area contributed by atoms with Crippen LogP contribution in [-0.2, 0) is 9.59 Å². The number of thioether (sulfide) groups is 1. The first-order valence-corrected chi connectivity index (χ1v) is 6.07. The van der Waals surface area contributed by atoms with Crippen LogP contribution in [0.25, 0.3) is 0 Å². The molecule has 1 aromatic rings. The highest BCUT2D eigenvalue weighted by molar-refractivity contribution is 8.14. The SMILES string of the molecule is CC(=O)SC1CC(=O)N(c2ccccc2)C1. The Labute approximate surface area is 98.8 Å². The van der Waals surface area contributed by atoms with Gasteiger partial charge in [-0.3, -0.25) is 9.59 Å².